The summed E-state index contributed by atoms with van der Waals surface area (Å²) in [5.41, 5.74) is 4.44. The van der Waals surface area contributed by atoms with Crippen molar-refractivity contribution in [3.63, 3.8) is 0 Å². The Kier molecular flexibility index (Phi) is 12.7. The Hall–Kier alpha value is -5.39. The molecule has 1 aliphatic heterocycles. The molecule has 0 radical (unpaired) electrons. The third-order valence-corrected chi connectivity index (χ3v) is 11.1. The minimum Gasteiger partial charge on any atom is -0.459 e. The van der Waals surface area contributed by atoms with E-state index in [1.54, 1.807) is 27.7 Å². The summed E-state index contributed by atoms with van der Waals surface area (Å²) in [7, 11) is 1.48. The molecule has 3 aromatic carbocycles. The number of rotatable bonds is 11. The summed E-state index contributed by atoms with van der Waals surface area (Å²) in [6, 6.07) is 21.9. The summed E-state index contributed by atoms with van der Waals surface area (Å²) in [4.78, 5) is 71.1. The highest BCUT2D eigenvalue weighted by Crippen LogP contribution is 2.44. The van der Waals surface area contributed by atoms with Gasteiger partial charge in [-0.1, -0.05) is 98.1 Å². The molecule has 12 heteroatoms. The van der Waals surface area contributed by atoms with E-state index < -0.39 is 59.7 Å². The van der Waals surface area contributed by atoms with Crippen molar-refractivity contribution in [3.05, 3.63) is 95.6 Å². The first-order chi connectivity index (χ1) is 26.8. The van der Waals surface area contributed by atoms with Crippen LogP contribution >= 0.6 is 0 Å². The van der Waals surface area contributed by atoms with Gasteiger partial charge in [-0.2, -0.15) is 0 Å². The van der Waals surface area contributed by atoms with Crippen LogP contribution in [0.25, 0.3) is 11.1 Å². The molecule has 298 valence electrons. The molecule has 12 nitrogen and oxygen atoms in total. The van der Waals surface area contributed by atoms with Crippen LogP contribution in [0, 0.1) is 5.92 Å². The first kappa shape index (κ1) is 40.3. The Morgan fingerprint density at radius 2 is 1.45 bits per heavy atom. The number of nitrogens with one attached hydrogen (secondary N) is 2. The van der Waals surface area contributed by atoms with Crippen LogP contribution in [0.15, 0.2) is 78.9 Å². The summed E-state index contributed by atoms with van der Waals surface area (Å²) in [5, 5.41) is 5.87. The van der Waals surface area contributed by atoms with Crippen molar-refractivity contribution < 1.29 is 38.2 Å². The number of fused-ring (bicyclic) bond motifs is 3. The van der Waals surface area contributed by atoms with Gasteiger partial charge in [-0.05, 0) is 74.3 Å². The van der Waals surface area contributed by atoms with Gasteiger partial charge in [0.15, 0.2) is 0 Å². The fraction of sp³-hybridized carbons (Fsp3) is 0.477. The summed E-state index contributed by atoms with van der Waals surface area (Å²) >= 11 is 0. The lowest BCUT2D eigenvalue weighted by Gasteiger charge is -2.35. The van der Waals surface area contributed by atoms with E-state index in [0.717, 1.165) is 47.1 Å². The van der Waals surface area contributed by atoms with Gasteiger partial charge in [-0.15, -0.1) is 0 Å². The minimum absolute atomic E-state index is 0.0139. The highest BCUT2D eigenvalue weighted by Gasteiger charge is 2.46. The molecule has 1 saturated carbocycles. The SMILES string of the molecule is C[C@@H](C(=O)N[C@H](C(=O)N1CC(NC(=O)OCC2c3ccccc3-c3ccccc32)CC1C(=O)OCc1ccccc1)C1CCCCC1)N(C)C(=O)OC(C)(C)C. The number of benzene rings is 3. The van der Waals surface area contributed by atoms with Crippen molar-refractivity contribution in [1.82, 2.24) is 20.4 Å². The van der Waals surface area contributed by atoms with E-state index in [-0.39, 0.29) is 38.0 Å². The monoisotopic (exact) mass is 766 g/mol. The largest absolute Gasteiger partial charge is 0.459 e. The third kappa shape index (κ3) is 9.52. The van der Waals surface area contributed by atoms with E-state index >= 15 is 0 Å². The molecule has 6 rings (SSSR count). The van der Waals surface area contributed by atoms with E-state index in [4.69, 9.17) is 14.2 Å². The molecule has 4 amide bonds. The number of esters is 1. The molecular formula is C44H54N4O8. The highest BCUT2D eigenvalue weighted by atomic mass is 16.6. The number of likely N-dealkylation sites (N-methyl/N-ethyl adjacent to an activating group) is 1. The maximum atomic E-state index is 14.7. The first-order valence-corrected chi connectivity index (χ1v) is 19.7. The predicted octanol–water partition coefficient (Wildman–Crippen LogP) is 6.56. The molecule has 3 aromatic rings. The standard InChI is InChI=1S/C44H54N4O8/c1-28(47(5)43(53)56-44(2,3)4)39(49)46-38(30-18-10-7-11-19-30)40(50)48-25-31(24-37(48)41(51)54-26-29-16-8-6-9-17-29)45-42(52)55-27-36-34-22-14-12-20-32(34)33-21-13-15-23-35(33)36/h6,8-9,12-17,20-23,28,30-31,36-38H,7,10-11,18-19,24-27H2,1-5H3,(H,45,52)(H,46,49)/t28-,31?,37?,38-/m0/s1. The Balaban J connectivity index is 1.18. The van der Waals surface area contributed by atoms with Crippen LogP contribution in [-0.4, -0.2) is 89.7 Å². The van der Waals surface area contributed by atoms with Crippen LogP contribution in [0.1, 0.15) is 88.8 Å². The van der Waals surface area contributed by atoms with Gasteiger partial charge in [0.05, 0.1) is 6.04 Å². The molecule has 2 unspecified atom stereocenters. The Labute approximate surface area is 329 Å². The maximum absolute atomic E-state index is 14.7. The zero-order valence-corrected chi connectivity index (χ0v) is 33.0. The second-order valence-electron chi connectivity index (χ2n) is 16.2. The van der Waals surface area contributed by atoms with Crippen LogP contribution in [0.5, 0.6) is 0 Å². The summed E-state index contributed by atoms with van der Waals surface area (Å²) in [6.07, 6.45) is 3.03. The molecule has 2 fully saturated rings. The van der Waals surface area contributed by atoms with Gasteiger partial charge in [-0.3, -0.25) is 14.5 Å². The van der Waals surface area contributed by atoms with Crippen molar-refractivity contribution in [3.8, 4) is 11.1 Å². The minimum atomic E-state index is -1.02. The number of hydrogen-bond acceptors (Lipinski definition) is 8. The molecule has 2 aliphatic carbocycles. The Bertz CT molecular complexity index is 1840. The van der Waals surface area contributed by atoms with Gasteiger partial charge in [0.25, 0.3) is 0 Å². The van der Waals surface area contributed by atoms with Gasteiger partial charge in [0, 0.05) is 25.9 Å². The molecule has 3 aliphatic rings. The highest BCUT2D eigenvalue weighted by molar-refractivity contribution is 5.93. The third-order valence-electron chi connectivity index (χ3n) is 11.1. The van der Waals surface area contributed by atoms with E-state index in [0.29, 0.717) is 12.8 Å². The van der Waals surface area contributed by atoms with Crippen LogP contribution in [-0.2, 0) is 35.2 Å². The van der Waals surface area contributed by atoms with Crippen LogP contribution in [0.2, 0.25) is 0 Å². The maximum Gasteiger partial charge on any atom is 0.410 e. The molecule has 0 spiro atoms. The van der Waals surface area contributed by atoms with Crippen molar-refractivity contribution in [2.24, 2.45) is 5.92 Å². The predicted molar refractivity (Wildman–Crippen MR) is 210 cm³/mol. The van der Waals surface area contributed by atoms with Gasteiger partial charge < -0.3 is 29.7 Å². The number of nitrogens with zero attached hydrogens (tertiary/aromatic N) is 2. The van der Waals surface area contributed by atoms with E-state index in [2.05, 4.69) is 22.8 Å². The Morgan fingerprint density at radius 1 is 0.839 bits per heavy atom. The molecule has 2 N–H and O–H groups in total. The number of carbonyl (C=O) groups is 5. The number of alkyl carbamates (subject to hydrolysis) is 1. The van der Waals surface area contributed by atoms with Crippen LogP contribution in [0.3, 0.4) is 0 Å². The van der Waals surface area contributed by atoms with E-state index in [1.807, 2.05) is 66.7 Å². The molecule has 0 aromatic heterocycles. The number of amides is 4. The Morgan fingerprint density at radius 3 is 2.07 bits per heavy atom. The van der Waals surface area contributed by atoms with E-state index in [9.17, 15) is 24.0 Å². The van der Waals surface area contributed by atoms with Gasteiger partial charge >= 0.3 is 18.2 Å². The van der Waals surface area contributed by atoms with E-state index in [1.165, 1.54) is 16.8 Å². The van der Waals surface area contributed by atoms with Crippen molar-refractivity contribution >= 4 is 30.0 Å². The lowest BCUT2D eigenvalue weighted by Crippen LogP contribution is -2.58. The zero-order valence-electron chi connectivity index (χ0n) is 33.0. The summed E-state index contributed by atoms with van der Waals surface area (Å²) in [5.74, 6) is -1.87. The zero-order chi connectivity index (χ0) is 40.0. The number of hydrogen-bond donors (Lipinski definition) is 2. The smallest absolute Gasteiger partial charge is 0.410 e. The van der Waals surface area contributed by atoms with Gasteiger partial charge in [0.1, 0.15) is 36.9 Å². The number of likely N-dealkylation sites (tertiary alicyclic amines) is 1. The van der Waals surface area contributed by atoms with Gasteiger partial charge in [-0.25, -0.2) is 14.4 Å². The number of carbonyl (C=O) groups excluding carboxylic acids is 5. The lowest BCUT2D eigenvalue weighted by atomic mass is 9.83. The lowest BCUT2D eigenvalue weighted by molar-refractivity contribution is -0.155. The quantitative estimate of drug-likeness (QED) is 0.165. The average Bonchev–Trinajstić information content (AvgIpc) is 3.76. The topological polar surface area (TPSA) is 144 Å². The van der Waals surface area contributed by atoms with Crippen LogP contribution in [0.4, 0.5) is 9.59 Å². The fourth-order valence-corrected chi connectivity index (χ4v) is 8.01. The van der Waals surface area contributed by atoms with Crippen molar-refractivity contribution in [2.45, 2.75) is 109 Å². The van der Waals surface area contributed by atoms with Crippen molar-refractivity contribution in [2.75, 3.05) is 20.2 Å². The number of ether oxygens (including phenoxy) is 3. The summed E-state index contributed by atoms with van der Waals surface area (Å²) < 4.78 is 17.0. The normalized spacial score (nSPS) is 19.2. The molecule has 56 heavy (non-hydrogen) atoms. The van der Waals surface area contributed by atoms with Gasteiger partial charge in [0.2, 0.25) is 11.8 Å². The second-order valence-corrected chi connectivity index (χ2v) is 16.2. The average molecular weight is 767 g/mol. The van der Waals surface area contributed by atoms with Crippen molar-refractivity contribution in [1.29, 1.82) is 0 Å². The fourth-order valence-electron chi connectivity index (χ4n) is 8.01. The molecule has 4 atom stereocenters. The molecule has 1 heterocycles. The molecule has 0 bridgehead atoms. The molecular weight excluding hydrogens is 713 g/mol. The van der Waals surface area contributed by atoms with Crippen LogP contribution < -0.4 is 10.6 Å². The second kappa shape index (κ2) is 17.6. The first-order valence-electron chi connectivity index (χ1n) is 19.7. The molecule has 1 saturated heterocycles. The summed E-state index contributed by atoms with van der Waals surface area (Å²) in [6.45, 7) is 6.95.